The maximum absolute atomic E-state index is 12.1. The molecule has 1 fully saturated rings. The molecule has 0 unspecified atom stereocenters. The fourth-order valence-corrected chi connectivity index (χ4v) is 2.94. The molecule has 3 nitrogen and oxygen atoms in total. The van der Waals surface area contributed by atoms with Crippen LogP contribution in [0.4, 0.5) is 5.69 Å². The molecule has 1 aromatic carbocycles. The Bertz CT molecular complexity index is 505. The second-order valence-corrected chi connectivity index (χ2v) is 7.57. The van der Waals surface area contributed by atoms with Crippen LogP contribution in [-0.4, -0.2) is 25.7 Å². The molecule has 1 aliphatic rings. The van der Waals surface area contributed by atoms with Gasteiger partial charge in [0.25, 0.3) is 0 Å². The van der Waals surface area contributed by atoms with Gasteiger partial charge in [-0.1, -0.05) is 32.9 Å². The van der Waals surface area contributed by atoms with Gasteiger partial charge in [-0.2, -0.15) is 0 Å². The lowest BCUT2D eigenvalue weighted by Gasteiger charge is -2.38. The van der Waals surface area contributed by atoms with Crippen LogP contribution >= 0.6 is 0 Å². The standard InChI is InChI=1S/C19H29NO2/c1-6-22-17(21)19(5)11-13-20(14-12-19)16-9-7-15(8-10-16)18(2,3)4/h7-10H,6,11-14H2,1-5H3. The number of hydrogen-bond donors (Lipinski definition) is 0. The van der Waals surface area contributed by atoms with Crippen molar-refractivity contribution in [3.8, 4) is 0 Å². The lowest BCUT2D eigenvalue weighted by molar-refractivity contribution is -0.155. The molecule has 0 N–H and O–H groups in total. The number of ether oxygens (including phenoxy) is 1. The van der Waals surface area contributed by atoms with Crippen molar-refractivity contribution in [3.63, 3.8) is 0 Å². The van der Waals surface area contributed by atoms with Crippen LogP contribution in [-0.2, 0) is 14.9 Å². The molecule has 0 amide bonds. The average molecular weight is 303 g/mol. The van der Waals surface area contributed by atoms with Gasteiger partial charge in [0.05, 0.1) is 12.0 Å². The maximum atomic E-state index is 12.1. The van der Waals surface area contributed by atoms with Crippen LogP contribution in [0.25, 0.3) is 0 Å². The second kappa shape index (κ2) is 6.31. The number of hydrogen-bond acceptors (Lipinski definition) is 3. The molecule has 22 heavy (non-hydrogen) atoms. The summed E-state index contributed by atoms with van der Waals surface area (Å²) in [4.78, 5) is 14.4. The highest BCUT2D eigenvalue weighted by Crippen LogP contribution is 2.34. The molecule has 0 atom stereocenters. The number of esters is 1. The number of benzene rings is 1. The monoisotopic (exact) mass is 303 g/mol. The van der Waals surface area contributed by atoms with E-state index in [0.29, 0.717) is 6.61 Å². The van der Waals surface area contributed by atoms with Crippen LogP contribution in [0.5, 0.6) is 0 Å². The molecule has 0 spiro atoms. The smallest absolute Gasteiger partial charge is 0.311 e. The maximum Gasteiger partial charge on any atom is 0.311 e. The van der Waals surface area contributed by atoms with Crippen LogP contribution in [0.3, 0.4) is 0 Å². The summed E-state index contributed by atoms with van der Waals surface area (Å²) in [5.74, 6) is -0.0438. The third-order valence-electron chi connectivity index (χ3n) is 4.73. The number of rotatable bonds is 3. The minimum Gasteiger partial charge on any atom is -0.466 e. The van der Waals surface area contributed by atoms with Crippen molar-refractivity contribution in [1.82, 2.24) is 0 Å². The number of anilines is 1. The highest BCUT2D eigenvalue weighted by molar-refractivity contribution is 5.76. The molecular formula is C19H29NO2. The Hall–Kier alpha value is -1.51. The van der Waals surface area contributed by atoms with Crippen LogP contribution in [0.1, 0.15) is 53.0 Å². The van der Waals surface area contributed by atoms with E-state index >= 15 is 0 Å². The van der Waals surface area contributed by atoms with Gasteiger partial charge >= 0.3 is 5.97 Å². The first-order valence-corrected chi connectivity index (χ1v) is 8.29. The summed E-state index contributed by atoms with van der Waals surface area (Å²) in [7, 11) is 0. The zero-order valence-corrected chi connectivity index (χ0v) is 14.6. The fourth-order valence-electron chi connectivity index (χ4n) is 2.94. The van der Waals surface area contributed by atoms with Crippen molar-refractivity contribution in [2.75, 3.05) is 24.6 Å². The summed E-state index contributed by atoms with van der Waals surface area (Å²) >= 11 is 0. The van der Waals surface area contributed by atoms with Crippen molar-refractivity contribution < 1.29 is 9.53 Å². The summed E-state index contributed by atoms with van der Waals surface area (Å²) < 4.78 is 5.22. The second-order valence-electron chi connectivity index (χ2n) is 7.57. The first-order valence-electron chi connectivity index (χ1n) is 8.29. The Morgan fingerprint density at radius 2 is 1.73 bits per heavy atom. The molecule has 0 aromatic heterocycles. The predicted molar refractivity (Wildman–Crippen MR) is 91.3 cm³/mol. The van der Waals surface area contributed by atoms with E-state index in [1.807, 2.05) is 13.8 Å². The molecule has 0 radical (unpaired) electrons. The Balaban J connectivity index is 2.01. The third-order valence-corrected chi connectivity index (χ3v) is 4.73. The van der Waals surface area contributed by atoms with E-state index in [2.05, 4.69) is 49.9 Å². The van der Waals surface area contributed by atoms with Gasteiger partial charge in [0.1, 0.15) is 0 Å². The van der Waals surface area contributed by atoms with Crippen LogP contribution < -0.4 is 4.90 Å². The minimum atomic E-state index is -0.322. The third kappa shape index (κ3) is 3.63. The zero-order valence-electron chi connectivity index (χ0n) is 14.6. The van der Waals surface area contributed by atoms with Gasteiger partial charge in [-0.05, 0) is 49.8 Å². The van der Waals surface area contributed by atoms with Gasteiger partial charge in [-0.15, -0.1) is 0 Å². The van der Waals surface area contributed by atoms with Gasteiger partial charge in [-0.25, -0.2) is 0 Å². The lowest BCUT2D eigenvalue weighted by atomic mass is 9.80. The molecule has 1 saturated heterocycles. The Morgan fingerprint density at radius 3 is 2.18 bits per heavy atom. The first-order chi connectivity index (χ1) is 10.3. The largest absolute Gasteiger partial charge is 0.466 e. The fraction of sp³-hybridized carbons (Fsp3) is 0.632. The number of carbonyl (C=O) groups is 1. The molecule has 2 rings (SSSR count). The van der Waals surface area contributed by atoms with E-state index in [1.54, 1.807) is 0 Å². The minimum absolute atomic E-state index is 0.0438. The lowest BCUT2D eigenvalue weighted by Crippen LogP contribution is -2.43. The predicted octanol–water partition coefficient (Wildman–Crippen LogP) is 4.15. The Kier molecular flexibility index (Phi) is 4.84. The zero-order chi connectivity index (χ0) is 16.4. The molecule has 122 valence electrons. The summed E-state index contributed by atoms with van der Waals surface area (Å²) in [5, 5.41) is 0. The van der Waals surface area contributed by atoms with Gasteiger partial charge < -0.3 is 9.64 Å². The summed E-state index contributed by atoms with van der Waals surface area (Å²) in [6, 6.07) is 8.84. The Labute approximate surface area is 134 Å². The first kappa shape index (κ1) is 16.9. The van der Waals surface area contributed by atoms with Gasteiger partial charge in [-0.3, -0.25) is 4.79 Å². The molecule has 3 heteroatoms. The molecule has 1 aromatic rings. The summed E-state index contributed by atoms with van der Waals surface area (Å²) in [6.45, 7) is 12.9. The number of nitrogens with zero attached hydrogens (tertiary/aromatic N) is 1. The van der Waals surface area contributed by atoms with Crippen LogP contribution in [0, 0.1) is 5.41 Å². The molecule has 1 aliphatic heterocycles. The molecule has 0 saturated carbocycles. The van der Waals surface area contributed by atoms with E-state index in [1.165, 1.54) is 11.3 Å². The Morgan fingerprint density at radius 1 is 1.18 bits per heavy atom. The molecular weight excluding hydrogens is 274 g/mol. The summed E-state index contributed by atoms with van der Waals surface area (Å²) in [6.07, 6.45) is 1.71. The highest BCUT2D eigenvalue weighted by atomic mass is 16.5. The quantitative estimate of drug-likeness (QED) is 0.786. The van der Waals surface area contributed by atoms with Gasteiger partial charge in [0, 0.05) is 18.8 Å². The van der Waals surface area contributed by atoms with E-state index in [4.69, 9.17) is 4.74 Å². The SMILES string of the molecule is CCOC(=O)C1(C)CCN(c2ccc(C(C)(C)C)cc2)CC1. The van der Waals surface area contributed by atoms with Crippen molar-refractivity contribution >= 4 is 11.7 Å². The van der Waals surface area contributed by atoms with Gasteiger partial charge in [0.2, 0.25) is 0 Å². The molecule has 0 bridgehead atoms. The van der Waals surface area contributed by atoms with Gasteiger partial charge in [0.15, 0.2) is 0 Å². The number of carbonyl (C=O) groups excluding carboxylic acids is 1. The van der Waals surface area contributed by atoms with E-state index in [9.17, 15) is 4.79 Å². The molecule has 0 aliphatic carbocycles. The van der Waals surface area contributed by atoms with E-state index < -0.39 is 0 Å². The van der Waals surface area contributed by atoms with Crippen molar-refractivity contribution in [2.45, 2.75) is 52.9 Å². The van der Waals surface area contributed by atoms with Crippen molar-refractivity contribution in [2.24, 2.45) is 5.41 Å². The number of piperidine rings is 1. The molecule has 1 heterocycles. The normalized spacial score (nSPS) is 18.1. The van der Waals surface area contributed by atoms with E-state index in [-0.39, 0.29) is 16.8 Å². The van der Waals surface area contributed by atoms with Crippen LogP contribution in [0.2, 0.25) is 0 Å². The highest BCUT2D eigenvalue weighted by Gasteiger charge is 2.38. The average Bonchev–Trinajstić information content (AvgIpc) is 2.47. The van der Waals surface area contributed by atoms with Crippen molar-refractivity contribution in [3.05, 3.63) is 29.8 Å². The van der Waals surface area contributed by atoms with Crippen LogP contribution in [0.15, 0.2) is 24.3 Å². The van der Waals surface area contributed by atoms with Crippen molar-refractivity contribution in [1.29, 1.82) is 0 Å². The summed E-state index contributed by atoms with van der Waals surface area (Å²) in [5.41, 5.74) is 2.46. The van der Waals surface area contributed by atoms with E-state index in [0.717, 1.165) is 25.9 Å². The topological polar surface area (TPSA) is 29.5 Å².